The number of hydrogen-bond donors (Lipinski definition) is 0. The van der Waals surface area contributed by atoms with E-state index in [-0.39, 0.29) is 5.78 Å². The summed E-state index contributed by atoms with van der Waals surface area (Å²) >= 11 is 3.46. The summed E-state index contributed by atoms with van der Waals surface area (Å²) in [6.07, 6.45) is 5.62. The highest BCUT2D eigenvalue weighted by atomic mass is 79.9. The molecule has 2 rings (SSSR count). The third-order valence-electron chi connectivity index (χ3n) is 3.75. The minimum absolute atomic E-state index is 0.237. The van der Waals surface area contributed by atoms with Gasteiger partial charge in [-0.1, -0.05) is 25.7 Å². The van der Waals surface area contributed by atoms with Crippen LogP contribution in [-0.2, 0) is 4.74 Å². The monoisotopic (exact) mass is 340 g/mol. The molecule has 20 heavy (non-hydrogen) atoms. The topological polar surface area (TPSA) is 35.5 Å². The van der Waals surface area contributed by atoms with Crippen LogP contribution in [0.2, 0.25) is 0 Å². The molecule has 1 aromatic rings. The number of ether oxygens (including phenoxy) is 2. The van der Waals surface area contributed by atoms with E-state index in [0.29, 0.717) is 25.6 Å². The lowest BCUT2D eigenvalue weighted by molar-refractivity contribution is 0.0962. The standard InChI is InChI=1S/C16H21BrO3/c1-19-8-9-20-16-7-6-13(11-14(16)17)15(18)10-12-4-2-3-5-12/h6-7,11-12H,2-5,8-10H2,1H3. The van der Waals surface area contributed by atoms with Crippen LogP contribution >= 0.6 is 15.9 Å². The SMILES string of the molecule is COCCOc1ccc(C(=O)CC2CCCC2)cc1Br. The Bertz CT molecular complexity index is 453. The first-order chi connectivity index (χ1) is 9.70. The highest BCUT2D eigenvalue weighted by Crippen LogP contribution is 2.30. The lowest BCUT2D eigenvalue weighted by Crippen LogP contribution is -2.07. The largest absolute Gasteiger partial charge is 0.490 e. The van der Waals surface area contributed by atoms with Crippen LogP contribution in [0, 0.1) is 5.92 Å². The van der Waals surface area contributed by atoms with Crippen LogP contribution in [0.5, 0.6) is 5.75 Å². The van der Waals surface area contributed by atoms with Crippen molar-refractivity contribution in [3.8, 4) is 5.75 Å². The number of hydrogen-bond acceptors (Lipinski definition) is 3. The van der Waals surface area contributed by atoms with Crippen molar-refractivity contribution in [2.75, 3.05) is 20.3 Å². The first-order valence-corrected chi connectivity index (χ1v) is 7.94. The van der Waals surface area contributed by atoms with E-state index in [0.717, 1.165) is 15.8 Å². The normalized spacial score (nSPS) is 15.5. The van der Waals surface area contributed by atoms with E-state index in [1.54, 1.807) is 7.11 Å². The average molecular weight is 341 g/mol. The van der Waals surface area contributed by atoms with Gasteiger partial charge in [0.1, 0.15) is 12.4 Å². The van der Waals surface area contributed by atoms with Gasteiger partial charge in [0.05, 0.1) is 11.1 Å². The Morgan fingerprint density at radius 3 is 2.70 bits per heavy atom. The van der Waals surface area contributed by atoms with Crippen molar-refractivity contribution in [3.63, 3.8) is 0 Å². The molecule has 3 nitrogen and oxygen atoms in total. The van der Waals surface area contributed by atoms with Gasteiger partial charge in [0.15, 0.2) is 5.78 Å². The Hall–Kier alpha value is -0.870. The molecule has 0 aliphatic heterocycles. The number of rotatable bonds is 7. The predicted molar refractivity (Wildman–Crippen MR) is 82.4 cm³/mol. The summed E-state index contributed by atoms with van der Waals surface area (Å²) in [7, 11) is 1.64. The molecule has 0 bridgehead atoms. The molecule has 0 atom stereocenters. The van der Waals surface area contributed by atoms with Crippen molar-refractivity contribution >= 4 is 21.7 Å². The van der Waals surface area contributed by atoms with Crippen molar-refractivity contribution in [2.45, 2.75) is 32.1 Å². The molecule has 1 fully saturated rings. The molecule has 0 N–H and O–H groups in total. The fourth-order valence-electron chi connectivity index (χ4n) is 2.62. The van der Waals surface area contributed by atoms with Crippen LogP contribution in [0.1, 0.15) is 42.5 Å². The number of Topliss-reactive ketones (excluding diaryl/α,β-unsaturated/α-hetero) is 1. The van der Waals surface area contributed by atoms with Crippen LogP contribution in [0.4, 0.5) is 0 Å². The number of carbonyl (C=O) groups excluding carboxylic acids is 1. The van der Waals surface area contributed by atoms with Gasteiger partial charge in [0.2, 0.25) is 0 Å². The zero-order chi connectivity index (χ0) is 14.4. The van der Waals surface area contributed by atoms with E-state index in [9.17, 15) is 4.79 Å². The number of benzene rings is 1. The maximum absolute atomic E-state index is 12.2. The van der Waals surface area contributed by atoms with Crippen molar-refractivity contribution < 1.29 is 14.3 Å². The molecule has 0 spiro atoms. The third kappa shape index (κ3) is 4.32. The third-order valence-corrected chi connectivity index (χ3v) is 4.37. The van der Waals surface area contributed by atoms with Crippen LogP contribution in [-0.4, -0.2) is 26.1 Å². The highest BCUT2D eigenvalue weighted by molar-refractivity contribution is 9.10. The first kappa shape index (κ1) is 15.5. The molecule has 1 aromatic carbocycles. The number of ketones is 1. The number of carbonyl (C=O) groups is 1. The molecule has 1 aliphatic rings. The van der Waals surface area contributed by atoms with Gasteiger partial charge in [0, 0.05) is 19.1 Å². The molecule has 0 amide bonds. The lowest BCUT2D eigenvalue weighted by atomic mass is 9.97. The number of methoxy groups -OCH3 is 1. The molecule has 1 saturated carbocycles. The predicted octanol–water partition coefficient (Wildman–Crippen LogP) is 4.24. The summed E-state index contributed by atoms with van der Waals surface area (Å²) in [6.45, 7) is 1.05. The molecule has 0 unspecified atom stereocenters. The average Bonchev–Trinajstić information content (AvgIpc) is 2.93. The molecule has 0 heterocycles. The van der Waals surface area contributed by atoms with E-state index in [1.807, 2.05) is 18.2 Å². The van der Waals surface area contributed by atoms with E-state index in [2.05, 4.69) is 15.9 Å². The Kier molecular flexibility index (Phi) is 6.05. The maximum Gasteiger partial charge on any atom is 0.163 e. The second-order valence-electron chi connectivity index (χ2n) is 5.26. The van der Waals surface area contributed by atoms with E-state index in [1.165, 1.54) is 25.7 Å². The smallest absolute Gasteiger partial charge is 0.163 e. The van der Waals surface area contributed by atoms with Crippen molar-refractivity contribution in [1.29, 1.82) is 0 Å². The molecular formula is C16H21BrO3. The van der Waals surface area contributed by atoms with Crippen LogP contribution < -0.4 is 4.74 Å². The molecule has 0 aromatic heterocycles. The van der Waals surface area contributed by atoms with E-state index in [4.69, 9.17) is 9.47 Å². The van der Waals surface area contributed by atoms with Crippen molar-refractivity contribution in [1.82, 2.24) is 0 Å². The van der Waals surface area contributed by atoms with Crippen molar-refractivity contribution in [2.24, 2.45) is 5.92 Å². The van der Waals surface area contributed by atoms with Gasteiger partial charge >= 0.3 is 0 Å². The van der Waals surface area contributed by atoms with Gasteiger partial charge in [-0.05, 0) is 40.0 Å². The van der Waals surface area contributed by atoms with Crippen LogP contribution in [0.25, 0.3) is 0 Å². The zero-order valence-corrected chi connectivity index (χ0v) is 13.4. The van der Waals surface area contributed by atoms with Gasteiger partial charge in [-0.3, -0.25) is 4.79 Å². The minimum atomic E-state index is 0.237. The number of halogens is 1. The Morgan fingerprint density at radius 1 is 1.30 bits per heavy atom. The second kappa shape index (κ2) is 7.79. The second-order valence-corrected chi connectivity index (χ2v) is 6.12. The Labute approximate surface area is 128 Å². The molecule has 0 saturated heterocycles. The lowest BCUT2D eigenvalue weighted by Gasteiger charge is -2.11. The van der Waals surface area contributed by atoms with Crippen LogP contribution in [0.15, 0.2) is 22.7 Å². The molecule has 0 radical (unpaired) electrons. The summed E-state index contributed by atoms with van der Waals surface area (Å²) in [5, 5.41) is 0. The fraction of sp³-hybridized carbons (Fsp3) is 0.562. The van der Waals surface area contributed by atoms with Gasteiger partial charge in [0.25, 0.3) is 0 Å². The zero-order valence-electron chi connectivity index (χ0n) is 11.9. The quantitative estimate of drug-likeness (QED) is 0.550. The highest BCUT2D eigenvalue weighted by Gasteiger charge is 2.19. The first-order valence-electron chi connectivity index (χ1n) is 7.15. The van der Waals surface area contributed by atoms with Gasteiger partial charge in [-0.25, -0.2) is 0 Å². The van der Waals surface area contributed by atoms with Crippen LogP contribution in [0.3, 0.4) is 0 Å². The Balaban J connectivity index is 1.94. The Morgan fingerprint density at radius 2 is 2.05 bits per heavy atom. The van der Waals surface area contributed by atoms with E-state index >= 15 is 0 Å². The summed E-state index contributed by atoms with van der Waals surface area (Å²) in [4.78, 5) is 12.2. The fourth-order valence-corrected chi connectivity index (χ4v) is 3.11. The summed E-state index contributed by atoms with van der Waals surface area (Å²) < 4.78 is 11.3. The molecule has 1 aliphatic carbocycles. The van der Waals surface area contributed by atoms with Crippen molar-refractivity contribution in [3.05, 3.63) is 28.2 Å². The van der Waals surface area contributed by atoms with E-state index < -0.39 is 0 Å². The summed E-state index contributed by atoms with van der Waals surface area (Å²) in [6, 6.07) is 5.56. The minimum Gasteiger partial charge on any atom is -0.490 e. The molecule has 110 valence electrons. The summed E-state index contributed by atoms with van der Waals surface area (Å²) in [5.41, 5.74) is 0.767. The molecular weight excluding hydrogens is 320 g/mol. The van der Waals surface area contributed by atoms with Gasteiger partial charge in [-0.2, -0.15) is 0 Å². The maximum atomic E-state index is 12.2. The van der Waals surface area contributed by atoms with Gasteiger partial charge < -0.3 is 9.47 Å². The molecule has 4 heteroatoms. The summed E-state index contributed by atoms with van der Waals surface area (Å²) in [5.74, 6) is 1.57. The van der Waals surface area contributed by atoms with Gasteiger partial charge in [-0.15, -0.1) is 0 Å².